The minimum Gasteiger partial charge on any atom is -0.372 e. The van der Waals surface area contributed by atoms with Gasteiger partial charge in [-0.05, 0) is 6.92 Å². The Morgan fingerprint density at radius 1 is 0.727 bits per heavy atom. The van der Waals surface area contributed by atoms with Gasteiger partial charge in [-0.25, -0.2) is 19.4 Å². The summed E-state index contributed by atoms with van der Waals surface area (Å²) in [6, 6.07) is 0. The molecule has 0 aromatic carbocycles. The second-order valence-corrected chi connectivity index (χ2v) is 3.62. The number of hydroxylamine groups is 1. The van der Waals surface area contributed by atoms with Gasteiger partial charge in [0, 0.05) is 0 Å². The molecule has 0 bridgehead atoms. The van der Waals surface area contributed by atoms with E-state index < -0.39 is 6.23 Å². The summed E-state index contributed by atoms with van der Waals surface area (Å²) in [5, 5.41) is 12.6. The second kappa shape index (κ2) is 8.57. The third-order valence-electron chi connectivity index (χ3n) is 2.32. The molecule has 0 saturated carbocycles. The highest BCUT2D eigenvalue weighted by Crippen LogP contribution is 2.20. The largest absolute Gasteiger partial charge is 0.372 e. The van der Waals surface area contributed by atoms with Crippen LogP contribution in [-0.2, 0) is 24.2 Å². The van der Waals surface area contributed by atoms with Crippen LogP contribution in [0.5, 0.6) is 0 Å². The van der Waals surface area contributed by atoms with Crippen LogP contribution >= 0.6 is 0 Å². The fourth-order valence-electron chi connectivity index (χ4n) is 1.48. The van der Waals surface area contributed by atoms with E-state index in [1.54, 1.807) is 0 Å². The number of aliphatic hydroxyl groups excluding tert-OH is 1. The molecule has 1 N–H and O–H groups in total. The molecule has 0 aliphatic carbocycles. The van der Waals surface area contributed by atoms with E-state index in [0.717, 1.165) is 15.5 Å². The highest BCUT2D eigenvalue weighted by Gasteiger charge is 2.23. The zero-order valence-electron chi connectivity index (χ0n) is 13.2. The van der Waals surface area contributed by atoms with Crippen LogP contribution in [-0.4, -0.2) is 61.8 Å². The number of nitrogens with zero attached hydrogens (tertiary/aromatic N) is 6. The molecule has 12 nitrogen and oxygen atoms in total. The molecule has 22 heavy (non-hydrogen) atoms. The average molecular weight is 320 g/mol. The molecule has 12 heteroatoms. The Labute approximate surface area is 127 Å². The zero-order chi connectivity index (χ0) is 16.7. The summed E-state index contributed by atoms with van der Waals surface area (Å²) in [7, 11) is 6.80. The van der Waals surface area contributed by atoms with Gasteiger partial charge in [-0.15, -0.1) is 0 Å². The summed E-state index contributed by atoms with van der Waals surface area (Å²) in [6.07, 6.45) is -1.02. The first-order chi connectivity index (χ1) is 10.5. The molecule has 0 saturated heterocycles. The number of hydrogen-bond acceptors (Lipinski definition) is 12. The summed E-state index contributed by atoms with van der Waals surface area (Å²) < 4.78 is 0. The van der Waals surface area contributed by atoms with Crippen LogP contribution in [0.2, 0.25) is 0 Å². The highest BCUT2D eigenvalue weighted by atomic mass is 16.9. The monoisotopic (exact) mass is 320 g/mol. The molecule has 1 unspecified atom stereocenters. The predicted octanol–water partition coefficient (Wildman–Crippen LogP) is -0.564. The average Bonchev–Trinajstić information content (AvgIpc) is 2.50. The molecular formula is C10H20N6O6. The molecule has 0 radical (unpaired) electrons. The lowest BCUT2D eigenvalue weighted by Crippen LogP contribution is -2.35. The van der Waals surface area contributed by atoms with E-state index in [4.69, 9.17) is 24.2 Å². The van der Waals surface area contributed by atoms with Crippen LogP contribution in [0.3, 0.4) is 0 Å². The molecular weight excluding hydrogens is 300 g/mol. The molecule has 0 spiro atoms. The smallest absolute Gasteiger partial charge is 0.284 e. The van der Waals surface area contributed by atoms with Crippen molar-refractivity contribution in [3.8, 4) is 0 Å². The molecule has 126 valence electrons. The fourth-order valence-corrected chi connectivity index (χ4v) is 1.48. The lowest BCUT2D eigenvalue weighted by Gasteiger charge is -2.25. The SMILES string of the molecule is CON(OC)c1nc(N(OC)OC)nc(N(OC)C(C)O)n1. The number of hydrogen-bond donors (Lipinski definition) is 1. The van der Waals surface area contributed by atoms with Crippen LogP contribution in [0.1, 0.15) is 6.92 Å². The van der Waals surface area contributed by atoms with Gasteiger partial charge >= 0.3 is 0 Å². The molecule has 1 rings (SSSR count). The van der Waals surface area contributed by atoms with Gasteiger partial charge in [0.25, 0.3) is 17.8 Å². The van der Waals surface area contributed by atoms with Crippen LogP contribution in [0.4, 0.5) is 17.8 Å². The van der Waals surface area contributed by atoms with E-state index in [0.29, 0.717) is 0 Å². The Bertz CT molecular complexity index is 425. The molecule has 1 aromatic rings. The zero-order valence-corrected chi connectivity index (χ0v) is 13.2. The Morgan fingerprint density at radius 2 is 1.09 bits per heavy atom. The number of aliphatic hydroxyl groups is 1. The Hall–Kier alpha value is -1.83. The summed E-state index contributed by atoms with van der Waals surface area (Å²) in [4.78, 5) is 37.1. The summed E-state index contributed by atoms with van der Waals surface area (Å²) in [5.41, 5.74) is 0. The first-order valence-electron chi connectivity index (χ1n) is 6.06. The number of aromatic nitrogens is 3. The Balaban J connectivity index is 3.36. The minimum atomic E-state index is -1.02. The van der Waals surface area contributed by atoms with Crippen molar-refractivity contribution >= 4 is 17.8 Å². The fraction of sp³-hybridized carbons (Fsp3) is 0.700. The standard InChI is InChI=1S/C10H20N6O6/c1-7(17)14(18-2)8-11-9(15(19-3)20-4)13-10(12-8)16(21-5)22-6/h7,17H,1-6H3. The van der Waals surface area contributed by atoms with Crippen LogP contribution < -0.4 is 15.5 Å². The normalized spacial score (nSPS) is 12.1. The van der Waals surface area contributed by atoms with Crippen LogP contribution in [0.25, 0.3) is 0 Å². The third kappa shape index (κ3) is 4.09. The maximum Gasteiger partial charge on any atom is 0.284 e. The Morgan fingerprint density at radius 3 is 1.36 bits per heavy atom. The van der Waals surface area contributed by atoms with Gasteiger partial charge in [-0.1, -0.05) is 10.5 Å². The lowest BCUT2D eigenvalue weighted by atomic mass is 10.6. The molecule has 0 aliphatic heterocycles. The highest BCUT2D eigenvalue weighted by molar-refractivity contribution is 5.41. The first kappa shape index (κ1) is 18.2. The van der Waals surface area contributed by atoms with Gasteiger partial charge < -0.3 is 5.11 Å². The van der Waals surface area contributed by atoms with Crippen molar-refractivity contribution in [1.82, 2.24) is 15.0 Å². The van der Waals surface area contributed by atoms with E-state index in [-0.39, 0.29) is 17.8 Å². The van der Waals surface area contributed by atoms with Gasteiger partial charge in [-0.2, -0.15) is 20.0 Å². The van der Waals surface area contributed by atoms with Gasteiger partial charge in [0.2, 0.25) is 0 Å². The summed E-state index contributed by atoms with van der Waals surface area (Å²) in [5.74, 6) is -0.0608. The van der Waals surface area contributed by atoms with Crippen molar-refractivity contribution in [1.29, 1.82) is 0 Å². The van der Waals surface area contributed by atoms with E-state index in [9.17, 15) is 5.11 Å². The van der Waals surface area contributed by atoms with E-state index in [1.165, 1.54) is 42.5 Å². The van der Waals surface area contributed by atoms with Crippen LogP contribution in [0, 0.1) is 0 Å². The van der Waals surface area contributed by atoms with Gasteiger partial charge in [0.05, 0.1) is 35.5 Å². The van der Waals surface area contributed by atoms with E-state index in [2.05, 4.69) is 15.0 Å². The third-order valence-corrected chi connectivity index (χ3v) is 2.32. The van der Waals surface area contributed by atoms with E-state index >= 15 is 0 Å². The number of rotatable bonds is 9. The van der Waals surface area contributed by atoms with Crippen molar-refractivity contribution in [3.05, 3.63) is 0 Å². The molecule has 0 amide bonds. The van der Waals surface area contributed by atoms with Crippen LogP contribution in [0.15, 0.2) is 0 Å². The molecule has 1 aromatic heterocycles. The molecule has 0 aliphatic rings. The second-order valence-electron chi connectivity index (χ2n) is 3.62. The molecule has 1 atom stereocenters. The predicted molar refractivity (Wildman–Crippen MR) is 74.0 cm³/mol. The topological polar surface area (TPSA) is 115 Å². The number of anilines is 3. The summed E-state index contributed by atoms with van der Waals surface area (Å²) >= 11 is 0. The molecule has 0 fully saturated rings. The van der Waals surface area contributed by atoms with Gasteiger partial charge in [-0.3, -0.25) is 4.84 Å². The minimum absolute atomic E-state index is 0.0179. The summed E-state index contributed by atoms with van der Waals surface area (Å²) in [6.45, 7) is 1.47. The van der Waals surface area contributed by atoms with Crippen molar-refractivity contribution in [2.24, 2.45) is 0 Å². The van der Waals surface area contributed by atoms with Gasteiger partial charge in [0.15, 0.2) is 6.23 Å². The maximum absolute atomic E-state index is 9.70. The van der Waals surface area contributed by atoms with Crippen molar-refractivity contribution in [2.75, 3.05) is 51.1 Å². The first-order valence-corrected chi connectivity index (χ1v) is 6.06. The molecule has 1 heterocycles. The quantitative estimate of drug-likeness (QED) is 0.464. The lowest BCUT2D eigenvalue weighted by molar-refractivity contribution is -0.0528. The van der Waals surface area contributed by atoms with Gasteiger partial charge in [0.1, 0.15) is 0 Å². The van der Waals surface area contributed by atoms with E-state index in [1.807, 2.05) is 0 Å². The van der Waals surface area contributed by atoms with Crippen molar-refractivity contribution < 1.29 is 29.3 Å². The van der Waals surface area contributed by atoms with Crippen molar-refractivity contribution in [3.63, 3.8) is 0 Å². The Kier molecular flexibility index (Phi) is 7.10. The van der Waals surface area contributed by atoms with Crippen molar-refractivity contribution in [2.45, 2.75) is 13.2 Å². The maximum atomic E-state index is 9.70.